The van der Waals surface area contributed by atoms with Crippen LogP contribution < -0.4 is 10.6 Å². The van der Waals surface area contributed by atoms with Gasteiger partial charge in [-0.1, -0.05) is 0 Å². The summed E-state index contributed by atoms with van der Waals surface area (Å²) in [5.41, 5.74) is -0.364. The average molecular weight is 263 g/mol. The summed E-state index contributed by atoms with van der Waals surface area (Å²) in [4.78, 5) is 12.0. The minimum Gasteiger partial charge on any atom is -0.376 e. The van der Waals surface area contributed by atoms with Crippen LogP contribution in [0.1, 0.15) is 39.0 Å². The summed E-state index contributed by atoms with van der Waals surface area (Å²) < 4.78 is 5.49. The van der Waals surface area contributed by atoms with Gasteiger partial charge in [-0.2, -0.15) is 0 Å². The van der Waals surface area contributed by atoms with Crippen LogP contribution in [0.5, 0.6) is 0 Å². The van der Waals surface area contributed by atoms with Crippen molar-refractivity contribution in [3.05, 3.63) is 0 Å². The molecular weight excluding hydrogens is 240 g/mol. The first-order valence-corrected chi connectivity index (χ1v) is 6.36. The fourth-order valence-corrected chi connectivity index (χ4v) is 2.46. The van der Waals surface area contributed by atoms with Crippen LogP contribution in [-0.2, 0) is 9.53 Å². The second-order valence-corrected chi connectivity index (χ2v) is 5.06. The summed E-state index contributed by atoms with van der Waals surface area (Å²) in [6.07, 6.45) is 5.67. The molecule has 0 aromatic carbocycles. The Hall–Kier alpha value is -0.320. The predicted octanol–water partition coefficient (Wildman–Crippen LogP) is 1.24. The summed E-state index contributed by atoms with van der Waals surface area (Å²) in [6, 6.07) is 0. The van der Waals surface area contributed by atoms with Gasteiger partial charge in [-0.05, 0) is 45.6 Å². The molecule has 100 valence electrons. The smallest absolute Gasteiger partial charge is 0.240 e. The van der Waals surface area contributed by atoms with Crippen molar-refractivity contribution < 1.29 is 9.53 Å². The van der Waals surface area contributed by atoms with E-state index in [-0.39, 0.29) is 30.0 Å². The van der Waals surface area contributed by atoms with E-state index < -0.39 is 0 Å². The summed E-state index contributed by atoms with van der Waals surface area (Å²) in [5.74, 6) is 0.128. The van der Waals surface area contributed by atoms with E-state index in [4.69, 9.17) is 4.74 Å². The molecule has 2 aliphatic heterocycles. The van der Waals surface area contributed by atoms with Gasteiger partial charge in [-0.25, -0.2) is 0 Å². The zero-order valence-corrected chi connectivity index (χ0v) is 11.3. The molecular formula is C12H23ClN2O2. The molecule has 2 atom stereocenters. The van der Waals surface area contributed by atoms with E-state index >= 15 is 0 Å². The molecule has 2 unspecified atom stereocenters. The lowest BCUT2D eigenvalue weighted by Crippen LogP contribution is -2.57. The van der Waals surface area contributed by atoms with Crippen molar-refractivity contribution in [1.29, 1.82) is 0 Å². The number of hydrogen-bond donors (Lipinski definition) is 2. The Bertz CT molecular complexity index is 249. The van der Waals surface area contributed by atoms with E-state index in [1.54, 1.807) is 0 Å². The zero-order chi connectivity index (χ0) is 11.4. The molecule has 2 aliphatic rings. The maximum atomic E-state index is 12.0. The van der Waals surface area contributed by atoms with Crippen LogP contribution in [0.4, 0.5) is 0 Å². The van der Waals surface area contributed by atoms with Gasteiger partial charge >= 0.3 is 0 Å². The number of carbonyl (C=O) groups is 1. The number of rotatable bonds is 3. The molecule has 0 aliphatic carbocycles. The van der Waals surface area contributed by atoms with E-state index in [9.17, 15) is 4.79 Å². The van der Waals surface area contributed by atoms with Crippen molar-refractivity contribution in [1.82, 2.24) is 10.6 Å². The van der Waals surface area contributed by atoms with Crippen molar-refractivity contribution in [3.8, 4) is 0 Å². The van der Waals surface area contributed by atoms with Gasteiger partial charge in [-0.15, -0.1) is 12.4 Å². The fraction of sp³-hybridized carbons (Fsp3) is 0.917. The number of nitrogens with one attached hydrogen (secondary N) is 2. The SMILES string of the molecule is CC1(C(=O)NCC2CCCO2)CCCCN1.Cl. The Morgan fingerprint density at radius 2 is 2.29 bits per heavy atom. The summed E-state index contributed by atoms with van der Waals surface area (Å²) >= 11 is 0. The molecule has 0 radical (unpaired) electrons. The largest absolute Gasteiger partial charge is 0.376 e. The Morgan fingerprint density at radius 1 is 1.47 bits per heavy atom. The van der Waals surface area contributed by atoms with Gasteiger partial charge in [0, 0.05) is 13.2 Å². The van der Waals surface area contributed by atoms with Crippen molar-refractivity contribution in [2.45, 2.75) is 50.7 Å². The fourth-order valence-electron chi connectivity index (χ4n) is 2.46. The van der Waals surface area contributed by atoms with E-state index in [0.717, 1.165) is 38.8 Å². The van der Waals surface area contributed by atoms with Crippen molar-refractivity contribution >= 4 is 18.3 Å². The molecule has 0 saturated carbocycles. The minimum atomic E-state index is -0.364. The van der Waals surface area contributed by atoms with Crippen LogP contribution >= 0.6 is 12.4 Å². The first-order chi connectivity index (χ1) is 7.71. The normalized spacial score (nSPS) is 32.9. The third-order valence-electron chi connectivity index (χ3n) is 3.63. The summed E-state index contributed by atoms with van der Waals surface area (Å²) in [7, 11) is 0. The quantitative estimate of drug-likeness (QED) is 0.805. The van der Waals surface area contributed by atoms with Gasteiger partial charge in [-0.3, -0.25) is 4.79 Å². The minimum absolute atomic E-state index is 0. The molecule has 2 N–H and O–H groups in total. The molecule has 0 spiro atoms. The maximum Gasteiger partial charge on any atom is 0.240 e. The first kappa shape index (κ1) is 14.7. The molecule has 2 saturated heterocycles. The van der Waals surface area contributed by atoms with Crippen LogP contribution in [0.15, 0.2) is 0 Å². The molecule has 0 aromatic heterocycles. The number of piperidine rings is 1. The number of amides is 1. The van der Waals surface area contributed by atoms with Crippen molar-refractivity contribution in [2.24, 2.45) is 0 Å². The second-order valence-electron chi connectivity index (χ2n) is 5.06. The topological polar surface area (TPSA) is 50.4 Å². The molecule has 0 bridgehead atoms. The number of ether oxygens (including phenoxy) is 1. The van der Waals surface area contributed by atoms with Gasteiger partial charge in [0.1, 0.15) is 0 Å². The molecule has 4 nitrogen and oxygen atoms in total. The van der Waals surface area contributed by atoms with Crippen LogP contribution in [0.3, 0.4) is 0 Å². The van der Waals surface area contributed by atoms with Crippen LogP contribution in [0, 0.1) is 0 Å². The van der Waals surface area contributed by atoms with Crippen LogP contribution in [-0.4, -0.2) is 37.2 Å². The zero-order valence-electron chi connectivity index (χ0n) is 10.5. The lowest BCUT2D eigenvalue weighted by atomic mass is 9.90. The van der Waals surface area contributed by atoms with Gasteiger partial charge in [0.05, 0.1) is 11.6 Å². The molecule has 5 heteroatoms. The monoisotopic (exact) mass is 262 g/mol. The molecule has 2 fully saturated rings. The molecule has 1 amide bonds. The first-order valence-electron chi connectivity index (χ1n) is 6.36. The van der Waals surface area contributed by atoms with Gasteiger partial charge in [0.2, 0.25) is 5.91 Å². The number of halogens is 1. The number of hydrogen-bond acceptors (Lipinski definition) is 3. The Kier molecular flexibility index (Phi) is 5.70. The highest BCUT2D eigenvalue weighted by atomic mass is 35.5. The van der Waals surface area contributed by atoms with E-state index in [1.165, 1.54) is 6.42 Å². The molecule has 17 heavy (non-hydrogen) atoms. The Balaban J connectivity index is 0.00000144. The predicted molar refractivity (Wildman–Crippen MR) is 69.5 cm³/mol. The summed E-state index contributed by atoms with van der Waals surface area (Å²) in [6.45, 7) is 4.45. The Morgan fingerprint density at radius 3 is 2.88 bits per heavy atom. The van der Waals surface area contributed by atoms with E-state index in [2.05, 4.69) is 10.6 Å². The van der Waals surface area contributed by atoms with Crippen LogP contribution in [0.2, 0.25) is 0 Å². The summed E-state index contributed by atoms with van der Waals surface area (Å²) in [5, 5.41) is 6.33. The number of carbonyl (C=O) groups excluding carboxylic acids is 1. The van der Waals surface area contributed by atoms with Gasteiger partial charge in [0.25, 0.3) is 0 Å². The average Bonchev–Trinajstić information content (AvgIpc) is 2.79. The second kappa shape index (κ2) is 6.57. The maximum absolute atomic E-state index is 12.0. The Labute approximate surface area is 109 Å². The van der Waals surface area contributed by atoms with Crippen molar-refractivity contribution in [2.75, 3.05) is 19.7 Å². The highest BCUT2D eigenvalue weighted by Gasteiger charge is 2.34. The highest BCUT2D eigenvalue weighted by molar-refractivity contribution is 5.86. The van der Waals surface area contributed by atoms with Crippen LogP contribution in [0.25, 0.3) is 0 Å². The third kappa shape index (κ3) is 3.83. The van der Waals surface area contributed by atoms with E-state index in [1.807, 2.05) is 6.92 Å². The molecule has 0 aromatic rings. The lowest BCUT2D eigenvalue weighted by molar-refractivity contribution is -0.128. The molecule has 2 rings (SSSR count). The lowest BCUT2D eigenvalue weighted by Gasteiger charge is -2.33. The van der Waals surface area contributed by atoms with Gasteiger partial charge < -0.3 is 15.4 Å². The standard InChI is InChI=1S/C12H22N2O2.ClH/c1-12(6-2-3-7-14-12)11(15)13-9-10-5-4-8-16-10;/h10,14H,2-9H2,1H3,(H,13,15);1H. The van der Waals surface area contributed by atoms with E-state index in [0.29, 0.717) is 6.54 Å². The van der Waals surface area contributed by atoms with Gasteiger partial charge in [0.15, 0.2) is 0 Å². The third-order valence-corrected chi connectivity index (χ3v) is 3.63. The van der Waals surface area contributed by atoms with Crippen molar-refractivity contribution in [3.63, 3.8) is 0 Å². The highest BCUT2D eigenvalue weighted by Crippen LogP contribution is 2.19. The molecule has 2 heterocycles.